The average Bonchev–Trinajstić information content (AvgIpc) is 3.10. The lowest BCUT2D eigenvalue weighted by molar-refractivity contribution is -0.126. The number of hydrogen-bond donors (Lipinski definition) is 1. The molecule has 0 radical (unpaired) electrons. The zero-order chi connectivity index (χ0) is 19.0. The molecule has 0 aromatic heterocycles. The van der Waals surface area contributed by atoms with Crippen LogP contribution in [0.2, 0.25) is 0 Å². The maximum atomic E-state index is 12.8. The predicted octanol–water partition coefficient (Wildman–Crippen LogP) is 3.68. The monoisotopic (exact) mass is 361 g/mol. The van der Waals surface area contributed by atoms with Crippen LogP contribution in [0, 0.1) is 0 Å². The number of hydrogen-bond acceptors (Lipinski definition) is 4. The van der Waals surface area contributed by atoms with Crippen LogP contribution in [0.3, 0.4) is 0 Å². The molecule has 0 saturated heterocycles. The van der Waals surface area contributed by atoms with E-state index in [0.717, 1.165) is 28.4 Å². The number of ether oxygens (including phenoxy) is 1. The number of phenols is 1. The van der Waals surface area contributed by atoms with Crippen LogP contribution in [0.4, 0.5) is 5.69 Å². The van der Waals surface area contributed by atoms with Gasteiger partial charge in [-0.05, 0) is 47.9 Å². The highest BCUT2D eigenvalue weighted by Gasteiger charge is 2.30. The highest BCUT2D eigenvalue weighted by molar-refractivity contribution is 6.02. The number of fused-ring (bicyclic) bond motifs is 2. The second-order valence-corrected chi connectivity index (χ2v) is 6.63. The van der Waals surface area contributed by atoms with Crippen molar-refractivity contribution in [2.24, 2.45) is 0 Å². The maximum Gasteiger partial charge on any atom is 0.342 e. The lowest BCUT2D eigenvalue weighted by atomic mass is 10.1. The summed E-state index contributed by atoms with van der Waals surface area (Å²) in [7, 11) is 0. The van der Waals surface area contributed by atoms with Gasteiger partial charge in [0, 0.05) is 12.2 Å². The third kappa shape index (κ3) is 3.12. The number of phenolic OH excluding ortho intramolecular Hbond substituents is 1. The molecule has 1 atom stereocenters. The third-order valence-corrected chi connectivity index (χ3v) is 4.87. The summed E-state index contributed by atoms with van der Waals surface area (Å²) in [4.78, 5) is 26.9. The van der Waals surface area contributed by atoms with Crippen molar-refractivity contribution in [3.05, 3.63) is 71.8 Å². The molecule has 4 rings (SSSR count). The molecule has 5 nitrogen and oxygen atoms in total. The van der Waals surface area contributed by atoms with Crippen LogP contribution in [-0.4, -0.2) is 29.6 Å². The Morgan fingerprint density at radius 1 is 1.04 bits per heavy atom. The largest absolute Gasteiger partial charge is 0.507 e. The van der Waals surface area contributed by atoms with Gasteiger partial charge in [-0.25, -0.2) is 4.79 Å². The van der Waals surface area contributed by atoms with E-state index < -0.39 is 12.1 Å². The van der Waals surface area contributed by atoms with E-state index in [-0.39, 0.29) is 17.2 Å². The second-order valence-electron chi connectivity index (χ2n) is 6.63. The number of para-hydroxylation sites is 1. The number of benzene rings is 3. The number of nitrogens with zero attached hydrogens (tertiary/aromatic N) is 1. The fourth-order valence-corrected chi connectivity index (χ4v) is 3.45. The van der Waals surface area contributed by atoms with Crippen molar-refractivity contribution in [2.45, 2.75) is 19.4 Å². The topological polar surface area (TPSA) is 66.8 Å². The molecule has 1 N–H and O–H groups in total. The van der Waals surface area contributed by atoms with Crippen molar-refractivity contribution < 1.29 is 19.4 Å². The Balaban J connectivity index is 1.53. The number of carbonyl (C=O) groups is 2. The minimum absolute atomic E-state index is 0.0511. The summed E-state index contributed by atoms with van der Waals surface area (Å²) in [6.07, 6.45) is -0.164. The van der Waals surface area contributed by atoms with Crippen LogP contribution in [0.25, 0.3) is 10.8 Å². The highest BCUT2D eigenvalue weighted by atomic mass is 16.5. The lowest BCUT2D eigenvalue weighted by Crippen LogP contribution is -2.39. The molecule has 1 amide bonds. The quantitative estimate of drug-likeness (QED) is 0.723. The zero-order valence-corrected chi connectivity index (χ0v) is 14.9. The van der Waals surface area contributed by atoms with E-state index in [1.807, 2.05) is 48.5 Å². The first-order valence-electron chi connectivity index (χ1n) is 8.86. The van der Waals surface area contributed by atoms with Crippen molar-refractivity contribution >= 4 is 28.3 Å². The fraction of sp³-hybridized carbons (Fsp3) is 0.182. The molecule has 0 fully saturated rings. The zero-order valence-electron chi connectivity index (χ0n) is 14.9. The van der Waals surface area contributed by atoms with Crippen LogP contribution >= 0.6 is 0 Å². The number of rotatable bonds is 3. The van der Waals surface area contributed by atoms with E-state index in [1.54, 1.807) is 17.9 Å². The Morgan fingerprint density at radius 2 is 1.70 bits per heavy atom. The van der Waals surface area contributed by atoms with Crippen molar-refractivity contribution in [1.29, 1.82) is 0 Å². The van der Waals surface area contributed by atoms with Gasteiger partial charge in [0.1, 0.15) is 11.3 Å². The summed E-state index contributed by atoms with van der Waals surface area (Å²) in [5.41, 5.74) is 2.02. The smallest absolute Gasteiger partial charge is 0.342 e. The normalized spacial score (nSPS) is 14.0. The van der Waals surface area contributed by atoms with Crippen LogP contribution in [0.5, 0.6) is 5.75 Å². The average molecular weight is 361 g/mol. The molecular weight excluding hydrogens is 342 g/mol. The molecule has 0 aliphatic carbocycles. The molecule has 0 saturated carbocycles. The fourth-order valence-electron chi connectivity index (χ4n) is 3.45. The lowest BCUT2D eigenvalue weighted by Gasteiger charge is -2.22. The van der Waals surface area contributed by atoms with Crippen LogP contribution < -0.4 is 4.90 Å². The van der Waals surface area contributed by atoms with E-state index >= 15 is 0 Å². The van der Waals surface area contributed by atoms with E-state index in [1.165, 1.54) is 6.07 Å². The Bertz CT molecular complexity index is 1040. The van der Waals surface area contributed by atoms with Crippen LogP contribution in [0.15, 0.2) is 60.7 Å². The number of esters is 1. The van der Waals surface area contributed by atoms with Crippen LogP contribution in [-0.2, 0) is 16.0 Å². The summed E-state index contributed by atoms with van der Waals surface area (Å²) >= 11 is 0. The van der Waals surface area contributed by atoms with Gasteiger partial charge in [0.2, 0.25) is 0 Å². The van der Waals surface area contributed by atoms with Gasteiger partial charge in [0.15, 0.2) is 6.10 Å². The maximum absolute atomic E-state index is 12.8. The molecule has 5 heteroatoms. The van der Waals surface area contributed by atoms with Crippen molar-refractivity contribution in [3.8, 4) is 5.75 Å². The molecule has 3 aromatic rings. The van der Waals surface area contributed by atoms with Gasteiger partial charge in [-0.2, -0.15) is 0 Å². The van der Waals surface area contributed by atoms with Crippen LogP contribution in [0.1, 0.15) is 22.8 Å². The molecule has 1 aliphatic rings. The first-order valence-corrected chi connectivity index (χ1v) is 8.86. The minimum Gasteiger partial charge on any atom is -0.507 e. The van der Waals surface area contributed by atoms with Crippen molar-refractivity contribution in [2.75, 3.05) is 11.4 Å². The molecular formula is C22H19NO4. The van der Waals surface area contributed by atoms with Gasteiger partial charge in [-0.3, -0.25) is 4.79 Å². The molecule has 3 aromatic carbocycles. The number of anilines is 1. The molecule has 0 unspecified atom stereocenters. The summed E-state index contributed by atoms with van der Waals surface area (Å²) in [5, 5.41) is 11.8. The van der Waals surface area contributed by atoms with Crippen molar-refractivity contribution in [3.63, 3.8) is 0 Å². The second kappa shape index (κ2) is 6.76. The number of amides is 1. The Kier molecular flexibility index (Phi) is 4.28. The molecule has 0 bridgehead atoms. The molecule has 1 aliphatic heterocycles. The van der Waals surface area contributed by atoms with E-state index in [9.17, 15) is 14.7 Å². The van der Waals surface area contributed by atoms with Gasteiger partial charge in [0.25, 0.3) is 5.91 Å². The Labute approximate surface area is 156 Å². The summed E-state index contributed by atoms with van der Waals surface area (Å²) < 4.78 is 5.37. The number of carbonyl (C=O) groups excluding carboxylic acids is 2. The first kappa shape index (κ1) is 17.1. The van der Waals surface area contributed by atoms with Gasteiger partial charge in [-0.15, -0.1) is 0 Å². The molecule has 136 valence electrons. The summed E-state index contributed by atoms with van der Waals surface area (Å²) in [6, 6.07) is 18.2. The predicted molar refractivity (Wildman–Crippen MR) is 103 cm³/mol. The van der Waals surface area contributed by atoms with Gasteiger partial charge in [-0.1, -0.05) is 42.5 Å². The van der Waals surface area contributed by atoms with Crippen molar-refractivity contribution in [1.82, 2.24) is 0 Å². The Morgan fingerprint density at radius 3 is 2.48 bits per heavy atom. The highest BCUT2D eigenvalue weighted by Crippen LogP contribution is 2.29. The molecule has 27 heavy (non-hydrogen) atoms. The van der Waals surface area contributed by atoms with Gasteiger partial charge in [0.05, 0.1) is 0 Å². The number of aromatic hydroxyl groups is 1. The third-order valence-electron chi connectivity index (χ3n) is 4.87. The molecule has 0 spiro atoms. The standard InChI is InChI=1S/C22H19NO4/c1-14(21(25)23-11-10-15-6-4-5-9-19(15)23)27-22(26)18-12-16-7-2-3-8-17(16)13-20(18)24/h2-9,12-14,24H,10-11H2,1H3/t14-/m1/s1. The Hall–Kier alpha value is -3.34. The van der Waals surface area contributed by atoms with E-state index in [2.05, 4.69) is 0 Å². The minimum atomic E-state index is -0.950. The van der Waals surface area contributed by atoms with Gasteiger partial charge < -0.3 is 14.7 Å². The summed E-state index contributed by atoms with van der Waals surface area (Å²) in [6.45, 7) is 2.13. The first-order chi connectivity index (χ1) is 13.0. The van der Waals surface area contributed by atoms with E-state index in [4.69, 9.17) is 4.74 Å². The van der Waals surface area contributed by atoms with Gasteiger partial charge >= 0.3 is 5.97 Å². The summed E-state index contributed by atoms with van der Waals surface area (Å²) in [5.74, 6) is -1.15. The SMILES string of the molecule is C[C@@H](OC(=O)c1cc2ccccc2cc1O)C(=O)N1CCc2ccccc21. The van der Waals surface area contributed by atoms with E-state index in [0.29, 0.717) is 6.54 Å². The molecule has 1 heterocycles.